The number of ether oxygens (including phenoxy) is 1. The molecule has 2 amide bonds. The largest absolute Gasteiger partial charge is 0.415 e. The molecule has 1 aromatic carbocycles. The summed E-state index contributed by atoms with van der Waals surface area (Å²) in [5.74, 6) is 0.627. The van der Waals surface area contributed by atoms with Crippen LogP contribution in [-0.2, 0) is 4.79 Å². The van der Waals surface area contributed by atoms with Crippen LogP contribution in [0.5, 0.6) is 5.75 Å². The van der Waals surface area contributed by atoms with Crippen molar-refractivity contribution in [2.75, 3.05) is 31.3 Å². The van der Waals surface area contributed by atoms with E-state index in [0.29, 0.717) is 28.1 Å². The lowest BCUT2D eigenvalue weighted by Crippen LogP contribution is -2.45. The Kier molecular flexibility index (Phi) is 7.44. The zero-order valence-electron chi connectivity index (χ0n) is 15.4. The van der Waals surface area contributed by atoms with Crippen molar-refractivity contribution in [2.24, 2.45) is 4.99 Å². The van der Waals surface area contributed by atoms with Crippen LogP contribution < -0.4 is 10.2 Å². The van der Waals surface area contributed by atoms with Gasteiger partial charge in [0.1, 0.15) is 11.6 Å². The van der Waals surface area contributed by atoms with Crippen LogP contribution in [0, 0.1) is 5.82 Å². The lowest BCUT2D eigenvalue weighted by molar-refractivity contribution is -0.113. The van der Waals surface area contributed by atoms with Crippen LogP contribution in [-0.4, -0.2) is 58.3 Å². The molecule has 1 N–H and O–H groups in total. The number of hydrogen-bond acceptors (Lipinski definition) is 7. The Morgan fingerprint density at radius 1 is 1.31 bits per heavy atom. The van der Waals surface area contributed by atoms with Crippen molar-refractivity contribution in [1.82, 2.24) is 15.3 Å². The molecule has 2 saturated heterocycles. The number of thioether (sulfide) groups is 2. The number of carbonyl (C=O) groups is 2. The first-order valence-corrected chi connectivity index (χ1v) is 10.9. The van der Waals surface area contributed by atoms with Gasteiger partial charge in [0.05, 0.1) is 10.8 Å². The first kappa shape index (κ1) is 21.9. The minimum absolute atomic E-state index is 0. The van der Waals surface area contributed by atoms with E-state index in [-0.39, 0.29) is 24.1 Å². The Morgan fingerprint density at radius 2 is 2.17 bits per heavy atom. The van der Waals surface area contributed by atoms with E-state index in [1.165, 1.54) is 23.9 Å². The third-order valence-electron chi connectivity index (χ3n) is 4.42. The van der Waals surface area contributed by atoms with Crippen molar-refractivity contribution in [3.05, 3.63) is 34.5 Å². The standard InChI is InChI=1S/C18H19FN4O3S2.ClH/c19-13-4-3-12(14(10-13)26-18(25)22-7-8-27-11-22)9-15-16(24)21-17(28-15)23-6-2-1-5-20-23;/h3-4,9-10,20H,1-2,5-8,11H2;1H/b15-9+;. The number of amidine groups is 1. The zero-order chi connectivity index (χ0) is 19.5. The van der Waals surface area contributed by atoms with Gasteiger partial charge in [-0.25, -0.2) is 14.6 Å². The summed E-state index contributed by atoms with van der Waals surface area (Å²) in [6, 6.07) is 3.92. The summed E-state index contributed by atoms with van der Waals surface area (Å²) < 4.78 is 19.1. The summed E-state index contributed by atoms with van der Waals surface area (Å²) in [6.45, 7) is 2.24. The number of rotatable bonds is 2. The topological polar surface area (TPSA) is 74.2 Å². The number of halogens is 2. The van der Waals surface area contributed by atoms with Gasteiger partial charge in [0, 0.05) is 37.0 Å². The van der Waals surface area contributed by atoms with Gasteiger partial charge < -0.3 is 4.74 Å². The first-order chi connectivity index (χ1) is 13.6. The fraction of sp³-hybridized carbons (Fsp3) is 0.389. The molecule has 0 unspecified atom stereocenters. The van der Waals surface area contributed by atoms with Crippen LogP contribution in [0.4, 0.5) is 9.18 Å². The second kappa shape index (κ2) is 9.84. The third-order valence-corrected chi connectivity index (χ3v) is 6.39. The summed E-state index contributed by atoms with van der Waals surface area (Å²) in [5.41, 5.74) is 3.68. The van der Waals surface area contributed by atoms with E-state index in [1.807, 2.05) is 5.01 Å². The minimum atomic E-state index is -0.518. The summed E-state index contributed by atoms with van der Waals surface area (Å²) >= 11 is 2.89. The number of benzene rings is 1. The molecule has 3 aliphatic rings. The molecule has 0 radical (unpaired) electrons. The van der Waals surface area contributed by atoms with Crippen LogP contribution in [0.15, 0.2) is 28.1 Å². The number of hydrazine groups is 1. The summed E-state index contributed by atoms with van der Waals surface area (Å²) in [7, 11) is 0. The average molecular weight is 459 g/mol. The van der Waals surface area contributed by atoms with Gasteiger partial charge in [-0.1, -0.05) is 0 Å². The molecule has 2 fully saturated rings. The van der Waals surface area contributed by atoms with Crippen LogP contribution in [0.1, 0.15) is 18.4 Å². The van der Waals surface area contributed by atoms with Gasteiger partial charge >= 0.3 is 6.09 Å². The highest BCUT2D eigenvalue weighted by Crippen LogP contribution is 2.33. The third kappa shape index (κ3) is 5.25. The van der Waals surface area contributed by atoms with Gasteiger partial charge in [-0.3, -0.25) is 14.7 Å². The summed E-state index contributed by atoms with van der Waals surface area (Å²) in [6.07, 6.45) is 3.20. The second-order valence-electron chi connectivity index (χ2n) is 6.43. The van der Waals surface area contributed by atoms with E-state index in [9.17, 15) is 14.0 Å². The van der Waals surface area contributed by atoms with Gasteiger partial charge in [0.25, 0.3) is 5.91 Å². The molecule has 1 aromatic rings. The normalized spacial score (nSPS) is 20.7. The maximum absolute atomic E-state index is 13.7. The van der Waals surface area contributed by atoms with E-state index in [0.717, 1.165) is 37.8 Å². The highest BCUT2D eigenvalue weighted by atomic mass is 35.5. The summed E-state index contributed by atoms with van der Waals surface area (Å²) in [4.78, 5) is 30.7. The fourth-order valence-corrected chi connectivity index (χ4v) is 4.78. The molecular weight excluding hydrogens is 439 g/mol. The van der Waals surface area contributed by atoms with Crippen LogP contribution in [0.25, 0.3) is 6.08 Å². The van der Waals surface area contributed by atoms with Gasteiger partial charge in [-0.2, -0.15) is 4.99 Å². The van der Waals surface area contributed by atoms with E-state index >= 15 is 0 Å². The molecule has 4 rings (SSSR count). The average Bonchev–Trinajstić information content (AvgIpc) is 3.35. The lowest BCUT2D eigenvalue weighted by atomic mass is 10.2. The van der Waals surface area contributed by atoms with Crippen molar-refractivity contribution in [3.63, 3.8) is 0 Å². The van der Waals surface area contributed by atoms with Crippen molar-refractivity contribution in [3.8, 4) is 5.75 Å². The molecule has 3 heterocycles. The SMILES string of the molecule is Cl.O=C1N=C(N2CCCCN2)S/C1=C/c1ccc(F)cc1OC(=O)N1CCSC1. The highest BCUT2D eigenvalue weighted by molar-refractivity contribution is 8.18. The molecule has 0 bridgehead atoms. The molecule has 0 aromatic heterocycles. The number of nitrogens with one attached hydrogen (secondary N) is 1. The van der Waals surface area contributed by atoms with Gasteiger partial charge in [-0.15, -0.1) is 24.2 Å². The maximum atomic E-state index is 13.7. The van der Waals surface area contributed by atoms with Crippen LogP contribution >= 0.6 is 35.9 Å². The number of aliphatic imine (C=N–C) groups is 1. The van der Waals surface area contributed by atoms with Gasteiger partial charge in [-0.05, 0) is 42.8 Å². The molecule has 0 spiro atoms. The lowest BCUT2D eigenvalue weighted by Gasteiger charge is -2.28. The monoisotopic (exact) mass is 458 g/mol. The zero-order valence-corrected chi connectivity index (χ0v) is 17.9. The van der Waals surface area contributed by atoms with Crippen molar-refractivity contribution >= 4 is 59.2 Å². The van der Waals surface area contributed by atoms with E-state index in [4.69, 9.17) is 4.74 Å². The predicted molar refractivity (Wildman–Crippen MR) is 116 cm³/mol. The quantitative estimate of drug-likeness (QED) is 0.681. The van der Waals surface area contributed by atoms with Crippen molar-refractivity contribution < 1.29 is 18.7 Å². The Balaban J connectivity index is 0.00000240. The summed E-state index contributed by atoms with van der Waals surface area (Å²) in [5, 5.41) is 2.48. The molecular formula is C18H20ClFN4O3S2. The molecule has 3 aliphatic heterocycles. The van der Waals surface area contributed by atoms with Gasteiger partial charge in [0.15, 0.2) is 5.17 Å². The van der Waals surface area contributed by atoms with E-state index in [2.05, 4.69) is 10.4 Å². The molecule has 0 atom stereocenters. The Morgan fingerprint density at radius 3 is 2.90 bits per heavy atom. The number of nitrogens with zero attached hydrogens (tertiary/aromatic N) is 3. The molecule has 0 saturated carbocycles. The maximum Gasteiger partial charge on any atom is 0.415 e. The first-order valence-electron chi connectivity index (χ1n) is 8.98. The van der Waals surface area contributed by atoms with E-state index in [1.54, 1.807) is 22.7 Å². The number of amides is 2. The molecule has 29 heavy (non-hydrogen) atoms. The van der Waals surface area contributed by atoms with Crippen LogP contribution in [0.2, 0.25) is 0 Å². The molecule has 7 nitrogen and oxygen atoms in total. The second-order valence-corrected chi connectivity index (χ2v) is 8.51. The van der Waals surface area contributed by atoms with Crippen LogP contribution in [0.3, 0.4) is 0 Å². The Bertz CT molecular complexity index is 856. The molecule has 156 valence electrons. The number of carbonyl (C=O) groups excluding carboxylic acids is 2. The van der Waals surface area contributed by atoms with Gasteiger partial charge in [0.2, 0.25) is 0 Å². The molecule has 11 heteroatoms. The van der Waals surface area contributed by atoms with Crippen molar-refractivity contribution in [1.29, 1.82) is 0 Å². The molecule has 0 aliphatic carbocycles. The Labute approximate surface area is 182 Å². The smallest absolute Gasteiger partial charge is 0.409 e. The highest BCUT2D eigenvalue weighted by Gasteiger charge is 2.28. The fourth-order valence-electron chi connectivity index (χ4n) is 2.94. The van der Waals surface area contributed by atoms with E-state index < -0.39 is 11.9 Å². The number of hydrogen-bond donors (Lipinski definition) is 1. The minimum Gasteiger partial charge on any atom is -0.409 e. The predicted octanol–water partition coefficient (Wildman–Crippen LogP) is 3.32. The van der Waals surface area contributed by atoms with Crippen molar-refractivity contribution in [2.45, 2.75) is 12.8 Å². The Hall–Kier alpha value is -1.75.